The van der Waals surface area contributed by atoms with Crippen LogP contribution in [0.25, 0.3) is 0 Å². The third kappa shape index (κ3) is 5.30. The maximum Gasteiger partial charge on any atom is 0.252 e. The summed E-state index contributed by atoms with van der Waals surface area (Å²) in [6.07, 6.45) is -2.27. The molecule has 15 heteroatoms. The second kappa shape index (κ2) is 12.5. The number of ketones is 2. The fraction of sp³-hybridized carbons (Fsp3) is 0.571. The molecule has 3 saturated heterocycles. The Morgan fingerprint density at radius 1 is 1.10 bits per heavy atom. The maximum absolute atomic E-state index is 14.0. The van der Waals surface area contributed by atoms with Crippen LogP contribution in [0.3, 0.4) is 0 Å². The lowest BCUT2D eigenvalue weighted by Gasteiger charge is -2.43. The Kier molecular flexibility index (Phi) is 8.39. The number of nitrogens with one attached hydrogen (secondary N) is 1. The van der Waals surface area contributed by atoms with Gasteiger partial charge in [0.2, 0.25) is 5.78 Å². The third-order valence-corrected chi connectivity index (χ3v) is 10.7. The average Bonchev–Trinajstić information content (AvgIpc) is 3.84. The summed E-state index contributed by atoms with van der Waals surface area (Å²) in [5, 5.41) is 38.1. The first-order valence-electron chi connectivity index (χ1n) is 17.1. The van der Waals surface area contributed by atoms with Crippen molar-refractivity contribution in [1.29, 1.82) is 0 Å². The number of nitrogens with zero attached hydrogens (tertiary/aromatic N) is 1. The van der Waals surface area contributed by atoms with Crippen LogP contribution < -0.4 is 15.8 Å². The molecule has 50 heavy (non-hydrogen) atoms. The minimum Gasteiger partial charge on any atom is -0.507 e. The predicted octanol–water partition coefficient (Wildman–Crippen LogP) is 0.757. The minimum atomic E-state index is -2.14. The van der Waals surface area contributed by atoms with Gasteiger partial charge in [0.1, 0.15) is 29.0 Å². The van der Waals surface area contributed by atoms with E-state index in [2.05, 4.69) is 10.2 Å². The quantitative estimate of drug-likeness (QED) is 0.206. The summed E-state index contributed by atoms with van der Waals surface area (Å²) in [7, 11) is 1.36. The van der Waals surface area contributed by atoms with Crippen molar-refractivity contribution in [1.82, 2.24) is 10.2 Å². The Morgan fingerprint density at radius 3 is 2.62 bits per heavy atom. The first-order chi connectivity index (χ1) is 24.0. The number of amides is 1. The van der Waals surface area contributed by atoms with Crippen LogP contribution in [0.2, 0.25) is 0 Å². The summed E-state index contributed by atoms with van der Waals surface area (Å²) >= 11 is 0. The summed E-state index contributed by atoms with van der Waals surface area (Å²) in [6.45, 7) is 3.12. The van der Waals surface area contributed by atoms with E-state index in [-0.39, 0.29) is 65.8 Å². The lowest BCUT2D eigenvalue weighted by molar-refractivity contribution is -0.264. The maximum atomic E-state index is 14.0. The molecule has 1 saturated carbocycles. The van der Waals surface area contributed by atoms with Gasteiger partial charge in [-0.3, -0.25) is 19.3 Å². The second-order valence-electron chi connectivity index (χ2n) is 13.8. The number of methoxy groups -OCH3 is 1. The number of fused-ring (bicyclic) bond motifs is 6. The van der Waals surface area contributed by atoms with Crippen molar-refractivity contribution in [3.8, 4) is 17.2 Å². The number of benzene rings is 2. The molecule has 0 spiro atoms. The van der Waals surface area contributed by atoms with Gasteiger partial charge in [-0.25, -0.2) is 0 Å². The predicted molar refractivity (Wildman–Crippen MR) is 171 cm³/mol. The van der Waals surface area contributed by atoms with E-state index in [1.807, 2.05) is 6.92 Å². The molecule has 2 aromatic carbocycles. The molecule has 0 radical (unpaired) electrons. The largest absolute Gasteiger partial charge is 0.507 e. The summed E-state index contributed by atoms with van der Waals surface area (Å²) < 4.78 is 36.7. The topological polar surface area (TPSA) is 209 Å². The number of ether oxygens (including phenoxy) is 6. The molecular formula is C35H41N3O12. The van der Waals surface area contributed by atoms with Gasteiger partial charge in [-0.1, -0.05) is 12.1 Å². The standard InChI is InChI=1S/C35H41N3O12/c1-15-31-19(38-10-11-46-33(32(38)50-31)48-16-6-7-16)12-22(47-15)49-21-14-35(44,34(43)37-9-8-36)13-18-24(21)30(42)26-25(28(18)40)27(39)17-4-3-5-20(45-2)23(17)29(26)41/h3-5,15-16,19,21-22,31-33,40,42,44H,6-14,36H2,1-2H3,(H,37,43)/t15-,19-,21-,22-,31+,32+,33+,35-/m0/s1. The van der Waals surface area contributed by atoms with Crippen molar-refractivity contribution in [2.24, 2.45) is 5.73 Å². The number of phenols is 2. The molecule has 15 nitrogen and oxygen atoms in total. The highest BCUT2D eigenvalue weighted by molar-refractivity contribution is 6.31. The number of hydrogen-bond donors (Lipinski definition) is 5. The second-order valence-corrected chi connectivity index (χ2v) is 13.8. The lowest BCUT2D eigenvalue weighted by atomic mass is 9.72. The van der Waals surface area contributed by atoms with E-state index in [4.69, 9.17) is 34.2 Å². The van der Waals surface area contributed by atoms with Crippen molar-refractivity contribution in [3.63, 3.8) is 0 Å². The van der Waals surface area contributed by atoms with E-state index in [1.54, 1.807) is 0 Å². The minimum absolute atomic E-state index is 0.0137. The zero-order valence-electron chi connectivity index (χ0n) is 27.8. The molecule has 2 aromatic rings. The highest BCUT2D eigenvalue weighted by Crippen LogP contribution is 2.53. The molecule has 8 atom stereocenters. The zero-order valence-corrected chi connectivity index (χ0v) is 27.8. The van der Waals surface area contributed by atoms with Crippen molar-refractivity contribution in [2.45, 2.75) is 93.9 Å². The first-order valence-corrected chi connectivity index (χ1v) is 17.1. The fourth-order valence-corrected chi connectivity index (χ4v) is 8.17. The fourth-order valence-electron chi connectivity index (χ4n) is 8.17. The molecule has 3 heterocycles. The van der Waals surface area contributed by atoms with Crippen LogP contribution in [0.15, 0.2) is 18.2 Å². The van der Waals surface area contributed by atoms with Crippen LogP contribution in [0, 0.1) is 0 Å². The number of carbonyl (C=O) groups excluding carboxylic acids is 3. The van der Waals surface area contributed by atoms with Crippen molar-refractivity contribution in [2.75, 3.05) is 33.4 Å². The molecular weight excluding hydrogens is 654 g/mol. The summed E-state index contributed by atoms with van der Waals surface area (Å²) in [5.74, 6) is -3.29. The summed E-state index contributed by atoms with van der Waals surface area (Å²) in [6, 6.07) is 4.35. The van der Waals surface area contributed by atoms with Crippen LogP contribution in [0.5, 0.6) is 17.2 Å². The van der Waals surface area contributed by atoms with Crippen LogP contribution >= 0.6 is 0 Å². The smallest absolute Gasteiger partial charge is 0.252 e. The molecule has 6 N–H and O–H groups in total. The molecule has 0 bridgehead atoms. The number of aliphatic hydroxyl groups is 1. The van der Waals surface area contributed by atoms with E-state index in [9.17, 15) is 29.7 Å². The number of phenolic OH excluding ortho intramolecular Hbond substituents is 2. The number of nitrogens with two attached hydrogens (primary N) is 1. The molecule has 0 aromatic heterocycles. The van der Waals surface area contributed by atoms with Crippen molar-refractivity contribution >= 4 is 17.5 Å². The van der Waals surface area contributed by atoms with Crippen LogP contribution in [-0.2, 0) is 34.9 Å². The molecule has 0 unspecified atom stereocenters. The highest BCUT2D eigenvalue weighted by Gasteiger charge is 2.56. The highest BCUT2D eigenvalue weighted by atomic mass is 16.7. The zero-order chi connectivity index (χ0) is 35.1. The van der Waals surface area contributed by atoms with Gasteiger partial charge in [0.05, 0.1) is 48.7 Å². The van der Waals surface area contributed by atoms with Gasteiger partial charge in [-0.15, -0.1) is 0 Å². The molecule has 4 fully saturated rings. The van der Waals surface area contributed by atoms with Crippen molar-refractivity contribution in [3.05, 3.63) is 51.6 Å². The number of hydrogen-bond acceptors (Lipinski definition) is 14. The lowest BCUT2D eigenvalue weighted by Crippen LogP contribution is -2.55. The summed E-state index contributed by atoms with van der Waals surface area (Å²) in [4.78, 5) is 43.4. The third-order valence-electron chi connectivity index (χ3n) is 10.7. The molecule has 268 valence electrons. The van der Waals surface area contributed by atoms with E-state index < -0.39 is 83.1 Å². The Balaban J connectivity index is 1.16. The molecule has 8 rings (SSSR count). The molecule has 3 aliphatic carbocycles. The Bertz CT molecular complexity index is 1750. The van der Waals surface area contributed by atoms with Gasteiger partial charge in [-0.05, 0) is 25.8 Å². The summed E-state index contributed by atoms with van der Waals surface area (Å²) in [5.41, 5.74) is 2.47. The number of morpholine rings is 1. The van der Waals surface area contributed by atoms with E-state index >= 15 is 0 Å². The number of aromatic hydroxyl groups is 2. The number of rotatable bonds is 8. The van der Waals surface area contributed by atoms with Crippen LogP contribution in [-0.4, -0.2) is 120 Å². The van der Waals surface area contributed by atoms with Gasteiger partial charge in [0, 0.05) is 61.6 Å². The Morgan fingerprint density at radius 2 is 1.88 bits per heavy atom. The van der Waals surface area contributed by atoms with E-state index in [1.165, 1.54) is 25.3 Å². The van der Waals surface area contributed by atoms with Gasteiger partial charge in [0.15, 0.2) is 24.6 Å². The van der Waals surface area contributed by atoms with E-state index in [0.717, 1.165) is 12.8 Å². The first kappa shape index (κ1) is 33.5. The van der Waals surface area contributed by atoms with Gasteiger partial charge < -0.3 is 54.8 Å². The van der Waals surface area contributed by atoms with Gasteiger partial charge >= 0.3 is 0 Å². The van der Waals surface area contributed by atoms with Crippen LogP contribution in [0.1, 0.15) is 81.7 Å². The van der Waals surface area contributed by atoms with Crippen LogP contribution in [0.4, 0.5) is 0 Å². The SMILES string of the molecule is COc1cccc2c1C(=O)c1c(O)c3c(c(O)c1C2=O)C[C@@](O)(C(=O)NCCN)C[C@@H]3O[C@H]1C[C@H]2[C@H](O[C@@H]3[C@@H](OC4CC4)OCCN32)[C@H](C)O1. The Labute approximate surface area is 287 Å². The van der Waals surface area contributed by atoms with Gasteiger partial charge in [-0.2, -0.15) is 0 Å². The molecule has 1 amide bonds. The normalized spacial score (nSPS) is 33.2. The average molecular weight is 696 g/mol. The molecule has 6 aliphatic rings. The van der Waals surface area contributed by atoms with E-state index in [0.29, 0.717) is 19.6 Å². The van der Waals surface area contributed by atoms with Gasteiger partial charge in [0.25, 0.3) is 5.91 Å². The Hall–Kier alpha value is -3.67. The van der Waals surface area contributed by atoms with Crippen molar-refractivity contribution < 1.29 is 58.1 Å². The monoisotopic (exact) mass is 695 g/mol. The number of carbonyl (C=O) groups is 3. The molecule has 3 aliphatic heterocycles.